The number of benzene rings is 1. The van der Waals surface area contributed by atoms with E-state index in [4.69, 9.17) is 10.5 Å². The molecule has 100 valence electrons. The van der Waals surface area contributed by atoms with Gasteiger partial charge in [-0.3, -0.25) is 4.90 Å². The molecule has 1 aliphatic heterocycles. The zero-order chi connectivity index (χ0) is 13.0. The molecule has 4 heteroatoms. The lowest BCUT2D eigenvalue weighted by Gasteiger charge is -2.39. The fraction of sp³-hybridized carbons (Fsp3) is 0.571. The predicted octanol–water partition coefficient (Wildman–Crippen LogP) is 2.13. The van der Waals surface area contributed by atoms with E-state index >= 15 is 0 Å². The van der Waals surface area contributed by atoms with Crippen molar-refractivity contribution in [2.24, 2.45) is 5.73 Å². The summed E-state index contributed by atoms with van der Waals surface area (Å²) in [5, 5.41) is 0. The molecule has 18 heavy (non-hydrogen) atoms. The lowest BCUT2D eigenvalue weighted by molar-refractivity contribution is 0.163. The van der Waals surface area contributed by atoms with E-state index in [2.05, 4.69) is 24.0 Å². The van der Waals surface area contributed by atoms with Crippen LogP contribution in [0, 0.1) is 0 Å². The van der Waals surface area contributed by atoms with Crippen molar-refractivity contribution >= 4 is 11.8 Å². The van der Waals surface area contributed by atoms with Crippen LogP contribution in [0.3, 0.4) is 0 Å². The summed E-state index contributed by atoms with van der Waals surface area (Å²) in [6, 6.07) is 9.04. The molecule has 3 nitrogen and oxygen atoms in total. The van der Waals surface area contributed by atoms with E-state index in [0.29, 0.717) is 12.6 Å². The molecule has 0 aromatic heterocycles. The Morgan fingerprint density at radius 1 is 1.50 bits per heavy atom. The zero-order valence-corrected chi connectivity index (χ0v) is 12.0. The number of ether oxygens (including phenoxy) is 1. The van der Waals surface area contributed by atoms with Gasteiger partial charge < -0.3 is 10.5 Å². The summed E-state index contributed by atoms with van der Waals surface area (Å²) in [7, 11) is 1.72. The van der Waals surface area contributed by atoms with Gasteiger partial charge in [-0.2, -0.15) is 11.8 Å². The summed E-state index contributed by atoms with van der Waals surface area (Å²) in [5.41, 5.74) is 7.23. The molecule has 1 aromatic rings. The molecule has 0 amide bonds. The highest BCUT2D eigenvalue weighted by Crippen LogP contribution is 2.32. The van der Waals surface area contributed by atoms with Crippen LogP contribution in [-0.4, -0.2) is 42.6 Å². The second-order valence-corrected chi connectivity index (χ2v) is 5.81. The lowest BCUT2D eigenvalue weighted by atomic mass is 10.0. The minimum Gasteiger partial charge on any atom is -0.496 e. The molecular formula is C14H22N2OS. The molecule has 2 unspecified atom stereocenters. The van der Waals surface area contributed by atoms with Crippen LogP contribution >= 0.6 is 11.8 Å². The maximum Gasteiger partial charge on any atom is 0.123 e. The predicted molar refractivity (Wildman–Crippen MR) is 78.3 cm³/mol. The molecule has 1 saturated heterocycles. The SMILES string of the molecule is COc1ccccc1C(CN)N1CCSCC1C. The van der Waals surface area contributed by atoms with Gasteiger partial charge in [-0.05, 0) is 13.0 Å². The first-order valence-electron chi connectivity index (χ1n) is 6.44. The van der Waals surface area contributed by atoms with Gasteiger partial charge in [-0.25, -0.2) is 0 Å². The summed E-state index contributed by atoms with van der Waals surface area (Å²) >= 11 is 2.03. The molecule has 1 aromatic carbocycles. The van der Waals surface area contributed by atoms with Gasteiger partial charge in [0, 0.05) is 36.2 Å². The fourth-order valence-corrected chi connectivity index (χ4v) is 3.62. The molecule has 1 aliphatic rings. The summed E-state index contributed by atoms with van der Waals surface area (Å²) < 4.78 is 5.47. The monoisotopic (exact) mass is 266 g/mol. The molecule has 2 atom stereocenters. The standard InChI is InChI=1S/C14H22N2OS/c1-11-10-18-8-7-16(11)13(9-15)12-5-3-4-6-14(12)17-2/h3-6,11,13H,7-10,15H2,1-2H3. The van der Waals surface area contributed by atoms with Crippen molar-refractivity contribution in [1.82, 2.24) is 4.90 Å². The molecule has 0 saturated carbocycles. The Labute approximate surface area is 114 Å². The molecule has 0 radical (unpaired) electrons. The van der Waals surface area contributed by atoms with Crippen molar-refractivity contribution in [2.75, 3.05) is 31.7 Å². The van der Waals surface area contributed by atoms with Crippen molar-refractivity contribution in [3.05, 3.63) is 29.8 Å². The maximum absolute atomic E-state index is 6.02. The Kier molecular flexibility index (Phi) is 4.92. The van der Waals surface area contributed by atoms with Crippen LogP contribution in [0.1, 0.15) is 18.5 Å². The minimum atomic E-state index is 0.261. The van der Waals surface area contributed by atoms with Crippen molar-refractivity contribution in [2.45, 2.75) is 19.0 Å². The average molecular weight is 266 g/mol. The summed E-state index contributed by atoms with van der Waals surface area (Å²) in [6.45, 7) is 4.02. The number of rotatable bonds is 4. The number of nitrogens with two attached hydrogens (primary N) is 1. The Morgan fingerprint density at radius 2 is 2.28 bits per heavy atom. The number of hydrogen-bond donors (Lipinski definition) is 1. The number of para-hydroxylation sites is 1. The van der Waals surface area contributed by atoms with Gasteiger partial charge in [0.1, 0.15) is 5.75 Å². The first-order chi connectivity index (χ1) is 8.77. The molecule has 2 rings (SSSR count). The van der Waals surface area contributed by atoms with Crippen molar-refractivity contribution in [3.8, 4) is 5.75 Å². The van der Waals surface area contributed by atoms with E-state index in [0.717, 1.165) is 12.3 Å². The summed E-state index contributed by atoms with van der Waals surface area (Å²) in [4.78, 5) is 2.51. The Balaban J connectivity index is 2.26. The van der Waals surface area contributed by atoms with Crippen molar-refractivity contribution in [3.63, 3.8) is 0 Å². The smallest absolute Gasteiger partial charge is 0.123 e. The average Bonchev–Trinajstić information content (AvgIpc) is 2.42. The van der Waals surface area contributed by atoms with Gasteiger partial charge in [-0.15, -0.1) is 0 Å². The van der Waals surface area contributed by atoms with E-state index in [1.165, 1.54) is 17.1 Å². The fourth-order valence-electron chi connectivity index (χ4n) is 2.59. The van der Waals surface area contributed by atoms with Gasteiger partial charge in [0.2, 0.25) is 0 Å². The molecule has 1 heterocycles. The van der Waals surface area contributed by atoms with Crippen LogP contribution in [0.5, 0.6) is 5.75 Å². The van der Waals surface area contributed by atoms with Gasteiger partial charge in [0.15, 0.2) is 0 Å². The topological polar surface area (TPSA) is 38.5 Å². The lowest BCUT2D eigenvalue weighted by Crippen LogP contribution is -2.45. The second kappa shape index (κ2) is 6.45. The molecule has 0 aliphatic carbocycles. The van der Waals surface area contributed by atoms with Crippen LogP contribution < -0.4 is 10.5 Å². The normalized spacial score (nSPS) is 22.7. The zero-order valence-electron chi connectivity index (χ0n) is 11.1. The summed E-state index contributed by atoms with van der Waals surface area (Å²) in [6.07, 6.45) is 0. The number of methoxy groups -OCH3 is 1. The molecule has 0 spiro atoms. The second-order valence-electron chi connectivity index (χ2n) is 4.66. The maximum atomic E-state index is 6.02. The molecule has 0 bridgehead atoms. The van der Waals surface area contributed by atoms with Gasteiger partial charge in [0.25, 0.3) is 0 Å². The number of nitrogens with zero attached hydrogens (tertiary/aromatic N) is 1. The van der Waals surface area contributed by atoms with E-state index in [9.17, 15) is 0 Å². The van der Waals surface area contributed by atoms with E-state index in [1.54, 1.807) is 7.11 Å². The Morgan fingerprint density at radius 3 is 2.94 bits per heavy atom. The summed E-state index contributed by atoms with van der Waals surface area (Å²) in [5.74, 6) is 3.32. The molecular weight excluding hydrogens is 244 g/mol. The first kappa shape index (κ1) is 13.7. The van der Waals surface area contributed by atoms with Crippen LogP contribution in [0.2, 0.25) is 0 Å². The van der Waals surface area contributed by atoms with Gasteiger partial charge in [0.05, 0.1) is 13.2 Å². The van der Waals surface area contributed by atoms with E-state index < -0.39 is 0 Å². The van der Waals surface area contributed by atoms with E-state index in [-0.39, 0.29) is 6.04 Å². The van der Waals surface area contributed by atoms with Crippen molar-refractivity contribution in [1.29, 1.82) is 0 Å². The largest absolute Gasteiger partial charge is 0.496 e. The minimum absolute atomic E-state index is 0.261. The third-order valence-electron chi connectivity index (χ3n) is 3.54. The number of hydrogen-bond acceptors (Lipinski definition) is 4. The van der Waals surface area contributed by atoms with Gasteiger partial charge >= 0.3 is 0 Å². The highest BCUT2D eigenvalue weighted by Gasteiger charge is 2.28. The Hall–Kier alpha value is -0.710. The highest BCUT2D eigenvalue weighted by atomic mass is 32.2. The quantitative estimate of drug-likeness (QED) is 0.906. The number of thioether (sulfide) groups is 1. The van der Waals surface area contributed by atoms with Crippen LogP contribution in [0.4, 0.5) is 0 Å². The highest BCUT2D eigenvalue weighted by molar-refractivity contribution is 7.99. The van der Waals surface area contributed by atoms with Gasteiger partial charge in [-0.1, -0.05) is 18.2 Å². The van der Waals surface area contributed by atoms with Crippen LogP contribution in [0.15, 0.2) is 24.3 Å². The molecule has 2 N–H and O–H groups in total. The van der Waals surface area contributed by atoms with Crippen LogP contribution in [0.25, 0.3) is 0 Å². The third-order valence-corrected chi connectivity index (χ3v) is 4.73. The van der Waals surface area contributed by atoms with E-state index in [1.807, 2.05) is 23.9 Å². The first-order valence-corrected chi connectivity index (χ1v) is 7.60. The Bertz CT molecular complexity index is 386. The third kappa shape index (κ3) is 2.82. The molecule has 1 fully saturated rings. The van der Waals surface area contributed by atoms with Crippen molar-refractivity contribution < 1.29 is 4.74 Å². The van der Waals surface area contributed by atoms with Crippen LogP contribution in [-0.2, 0) is 0 Å².